The predicted molar refractivity (Wildman–Crippen MR) is 91.0 cm³/mol. The standard InChI is InChI=1S/C15H19BrN4O4/c1-15(2,3)23-14(22)20(10-6-7-11(16)17-9-10)8-4-5-12-18-13(21)24-19-12/h6-7,9H,4-5,8H2,1-3H3,(H,18,19,21). The van der Waals surface area contributed by atoms with Crippen molar-refractivity contribution in [3.05, 3.63) is 39.3 Å². The van der Waals surface area contributed by atoms with Crippen molar-refractivity contribution >= 4 is 27.7 Å². The normalized spacial score (nSPS) is 11.3. The zero-order valence-electron chi connectivity index (χ0n) is 13.7. The quantitative estimate of drug-likeness (QED) is 0.776. The Morgan fingerprint density at radius 1 is 1.42 bits per heavy atom. The van der Waals surface area contributed by atoms with Crippen LogP contribution in [0.15, 0.2) is 32.3 Å². The Balaban J connectivity index is 2.08. The molecule has 0 spiro atoms. The highest BCUT2D eigenvalue weighted by molar-refractivity contribution is 9.10. The van der Waals surface area contributed by atoms with Crippen LogP contribution in [-0.2, 0) is 11.2 Å². The Hall–Kier alpha value is -2.16. The van der Waals surface area contributed by atoms with Gasteiger partial charge in [0, 0.05) is 13.0 Å². The number of hydrogen-bond acceptors (Lipinski definition) is 6. The number of aromatic amines is 1. The second-order valence-corrected chi connectivity index (χ2v) is 6.93. The largest absolute Gasteiger partial charge is 0.443 e. The molecule has 0 saturated heterocycles. The number of amides is 1. The van der Waals surface area contributed by atoms with Gasteiger partial charge in [-0.3, -0.25) is 14.4 Å². The third-order valence-electron chi connectivity index (χ3n) is 2.92. The summed E-state index contributed by atoms with van der Waals surface area (Å²) in [6, 6.07) is 3.53. The van der Waals surface area contributed by atoms with Crippen molar-refractivity contribution in [1.29, 1.82) is 0 Å². The van der Waals surface area contributed by atoms with Crippen LogP contribution in [-0.4, -0.2) is 33.4 Å². The second-order valence-electron chi connectivity index (χ2n) is 6.12. The van der Waals surface area contributed by atoms with Crippen molar-refractivity contribution in [1.82, 2.24) is 15.1 Å². The molecule has 0 fully saturated rings. The molecular formula is C15H19BrN4O4. The summed E-state index contributed by atoms with van der Waals surface area (Å²) in [6.07, 6.45) is 2.17. The van der Waals surface area contributed by atoms with E-state index in [1.165, 1.54) is 4.90 Å². The molecule has 0 atom stereocenters. The molecule has 1 amide bonds. The van der Waals surface area contributed by atoms with Crippen LogP contribution in [0.5, 0.6) is 0 Å². The van der Waals surface area contributed by atoms with Crippen molar-refractivity contribution in [2.75, 3.05) is 11.4 Å². The van der Waals surface area contributed by atoms with E-state index < -0.39 is 17.5 Å². The lowest BCUT2D eigenvalue weighted by atomic mass is 10.2. The summed E-state index contributed by atoms with van der Waals surface area (Å²) in [5.74, 6) is -0.149. The molecule has 0 bridgehead atoms. The zero-order chi connectivity index (χ0) is 17.7. The SMILES string of the molecule is CC(C)(C)OC(=O)N(CCCc1noc(=O)[nH]1)c1ccc(Br)nc1. The third kappa shape index (κ3) is 5.48. The van der Waals surface area contributed by atoms with Crippen LogP contribution >= 0.6 is 15.9 Å². The van der Waals surface area contributed by atoms with E-state index in [-0.39, 0.29) is 0 Å². The highest BCUT2D eigenvalue weighted by Gasteiger charge is 2.23. The summed E-state index contributed by atoms with van der Waals surface area (Å²) in [5.41, 5.74) is 0.0243. The van der Waals surface area contributed by atoms with E-state index in [4.69, 9.17) is 4.74 Å². The Kier molecular flexibility index (Phi) is 5.76. The molecule has 8 nitrogen and oxygen atoms in total. The minimum Gasteiger partial charge on any atom is -0.443 e. The number of carbonyl (C=O) groups is 1. The van der Waals surface area contributed by atoms with Crippen LogP contribution in [0.4, 0.5) is 10.5 Å². The molecule has 0 aliphatic heterocycles. The van der Waals surface area contributed by atoms with E-state index in [0.717, 1.165) is 0 Å². The lowest BCUT2D eigenvalue weighted by Gasteiger charge is -2.27. The highest BCUT2D eigenvalue weighted by Crippen LogP contribution is 2.19. The molecule has 0 aliphatic rings. The molecule has 130 valence electrons. The van der Waals surface area contributed by atoms with Crippen LogP contribution in [0.25, 0.3) is 0 Å². The van der Waals surface area contributed by atoms with Gasteiger partial charge in [-0.2, -0.15) is 0 Å². The van der Waals surface area contributed by atoms with Gasteiger partial charge in [-0.15, -0.1) is 0 Å². The van der Waals surface area contributed by atoms with Crippen LogP contribution in [0.1, 0.15) is 33.0 Å². The molecule has 24 heavy (non-hydrogen) atoms. The number of rotatable bonds is 5. The number of halogens is 1. The number of anilines is 1. The minimum atomic E-state index is -0.602. The third-order valence-corrected chi connectivity index (χ3v) is 3.39. The van der Waals surface area contributed by atoms with Crippen molar-refractivity contribution in [2.24, 2.45) is 0 Å². The maximum atomic E-state index is 12.5. The number of nitrogens with zero attached hydrogens (tertiary/aromatic N) is 3. The van der Waals surface area contributed by atoms with Crippen LogP contribution in [0.3, 0.4) is 0 Å². The van der Waals surface area contributed by atoms with Gasteiger partial charge in [-0.25, -0.2) is 14.6 Å². The molecular weight excluding hydrogens is 380 g/mol. The lowest BCUT2D eigenvalue weighted by Crippen LogP contribution is -2.37. The van der Waals surface area contributed by atoms with Crippen molar-refractivity contribution in [3.8, 4) is 0 Å². The average molecular weight is 399 g/mol. The Morgan fingerprint density at radius 3 is 2.71 bits per heavy atom. The number of aromatic nitrogens is 3. The van der Waals surface area contributed by atoms with Gasteiger partial charge in [0.25, 0.3) is 0 Å². The van der Waals surface area contributed by atoms with E-state index in [9.17, 15) is 9.59 Å². The maximum absolute atomic E-state index is 12.5. The molecule has 9 heteroatoms. The number of carbonyl (C=O) groups excluding carboxylic acids is 1. The molecule has 0 aliphatic carbocycles. The molecule has 0 aromatic carbocycles. The predicted octanol–water partition coefficient (Wildman–Crippen LogP) is 2.89. The maximum Gasteiger partial charge on any atom is 0.438 e. The molecule has 0 radical (unpaired) electrons. The fourth-order valence-corrected chi connectivity index (χ4v) is 2.18. The van der Waals surface area contributed by atoms with Crippen molar-refractivity contribution in [2.45, 2.75) is 39.2 Å². The molecule has 2 heterocycles. The smallest absolute Gasteiger partial charge is 0.438 e. The fourth-order valence-electron chi connectivity index (χ4n) is 1.94. The number of hydrogen-bond donors (Lipinski definition) is 1. The summed E-state index contributed by atoms with van der Waals surface area (Å²) in [5, 5.41) is 3.60. The van der Waals surface area contributed by atoms with Gasteiger partial charge in [-0.1, -0.05) is 5.16 Å². The summed E-state index contributed by atoms with van der Waals surface area (Å²) in [7, 11) is 0. The highest BCUT2D eigenvalue weighted by atomic mass is 79.9. The number of aryl methyl sites for hydroxylation is 1. The summed E-state index contributed by atoms with van der Waals surface area (Å²) >= 11 is 3.27. The van der Waals surface area contributed by atoms with Gasteiger partial charge in [0.1, 0.15) is 10.2 Å². The van der Waals surface area contributed by atoms with E-state index in [1.807, 2.05) is 20.8 Å². The van der Waals surface area contributed by atoms with Crippen LogP contribution < -0.4 is 10.7 Å². The molecule has 2 aromatic rings. The summed E-state index contributed by atoms with van der Waals surface area (Å²) in [6.45, 7) is 5.81. The average Bonchev–Trinajstić information content (AvgIpc) is 2.88. The van der Waals surface area contributed by atoms with Gasteiger partial charge in [0.05, 0.1) is 11.9 Å². The van der Waals surface area contributed by atoms with Crippen LogP contribution in [0.2, 0.25) is 0 Å². The molecule has 0 unspecified atom stereocenters. The van der Waals surface area contributed by atoms with E-state index in [0.29, 0.717) is 35.5 Å². The van der Waals surface area contributed by atoms with Crippen molar-refractivity contribution in [3.63, 3.8) is 0 Å². The zero-order valence-corrected chi connectivity index (χ0v) is 15.3. The number of pyridine rings is 1. The summed E-state index contributed by atoms with van der Waals surface area (Å²) < 4.78 is 10.6. The van der Waals surface area contributed by atoms with Crippen LogP contribution in [0, 0.1) is 0 Å². The second kappa shape index (κ2) is 7.61. The monoisotopic (exact) mass is 398 g/mol. The first-order chi connectivity index (χ1) is 11.2. The Bertz CT molecular complexity index is 733. The topological polar surface area (TPSA) is 101 Å². The first-order valence-corrected chi connectivity index (χ1v) is 8.21. The van der Waals surface area contributed by atoms with Crippen molar-refractivity contribution < 1.29 is 14.1 Å². The minimum absolute atomic E-state index is 0.382. The van der Waals surface area contributed by atoms with E-state index >= 15 is 0 Å². The Labute approximate surface area is 147 Å². The lowest BCUT2D eigenvalue weighted by molar-refractivity contribution is 0.0580. The molecule has 0 saturated carbocycles. The summed E-state index contributed by atoms with van der Waals surface area (Å²) in [4.78, 5) is 31.5. The van der Waals surface area contributed by atoms with E-state index in [1.54, 1.807) is 18.3 Å². The van der Waals surface area contributed by atoms with Gasteiger partial charge in [0.2, 0.25) is 0 Å². The van der Waals surface area contributed by atoms with Gasteiger partial charge < -0.3 is 4.74 Å². The molecule has 1 N–H and O–H groups in total. The number of H-pyrrole nitrogens is 1. The Morgan fingerprint density at radius 2 is 2.17 bits per heavy atom. The number of ether oxygens (including phenoxy) is 1. The van der Waals surface area contributed by atoms with Gasteiger partial charge >= 0.3 is 11.8 Å². The van der Waals surface area contributed by atoms with Gasteiger partial charge in [0.15, 0.2) is 5.82 Å². The van der Waals surface area contributed by atoms with E-state index in [2.05, 4.69) is 35.6 Å². The first-order valence-electron chi connectivity index (χ1n) is 7.41. The molecule has 2 rings (SSSR count). The fraction of sp³-hybridized carbons (Fsp3) is 0.467. The molecule has 2 aromatic heterocycles. The first kappa shape index (κ1) is 18.2. The number of nitrogens with one attached hydrogen (secondary N) is 1. The van der Waals surface area contributed by atoms with Gasteiger partial charge in [-0.05, 0) is 55.3 Å².